The molecule has 12 aromatic carbocycles. The third-order valence-electron chi connectivity index (χ3n) is 15.7. The van der Waals surface area contributed by atoms with Gasteiger partial charge in [0.05, 0.1) is 11.1 Å². The Hall–Kier alpha value is -9.44. The van der Waals surface area contributed by atoms with Crippen LogP contribution in [-0.4, -0.2) is 0 Å². The zero-order valence-electron chi connectivity index (χ0n) is 39.9. The van der Waals surface area contributed by atoms with E-state index in [1.807, 2.05) is 0 Å². The third-order valence-corrected chi connectivity index (χ3v) is 15.7. The van der Waals surface area contributed by atoms with Crippen LogP contribution in [-0.2, 0) is 5.41 Å². The maximum Gasteiger partial charge on any atom is 0.159 e. The fourth-order valence-corrected chi connectivity index (χ4v) is 12.7. The van der Waals surface area contributed by atoms with Gasteiger partial charge in [-0.15, -0.1) is 0 Å². The SMILES string of the molecule is c1ccc(C2c3ccccc3C3(c4ccccc4-c4cc(N(c5ccccc5)c5ccc6c(c5)oc5c(N(c7ccc8ccccc8c7)c7ccc8ccccc8c7)cccc56)ccc43)c3ccccc32)cc1. The van der Waals surface area contributed by atoms with E-state index in [9.17, 15) is 0 Å². The van der Waals surface area contributed by atoms with Crippen LogP contribution in [0.1, 0.15) is 44.9 Å². The van der Waals surface area contributed by atoms with Crippen molar-refractivity contribution in [2.24, 2.45) is 0 Å². The van der Waals surface area contributed by atoms with Crippen LogP contribution in [0.5, 0.6) is 0 Å². The highest BCUT2D eigenvalue weighted by Gasteiger charge is 2.51. The first-order valence-corrected chi connectivity index (χ1v) is 25.3. The van der Waals surface area contributed by atoms with E-state index in [0.29, 0.717) is 0 Å². The molecule has 3 heteroatoms. The van der Waals surface area contributed by atoms with E-state index in [1.165, 1.54) is 71.6 Å². The van der Waals surface area contributed by atoms with Crippen LogP contribution in [0.4, 0.5) is 34.1 Å². The van der Waals surface area contributed by atoms with Gasteiger partial charge in [0, 0.05) is 51.2 Å². The molecule has 0 atom stereocenters. The second-order valence-corrected chi connectivity index (χ2v) is 19.5. The summed E-state index contributed by atoms with van der Waals surface area (Å²) in [6.45, 7) is 0. The fraction of sp³-hybridized carbons (Fsp3) is 0.0286. The van der Waals surface area contributed by atoms with Gasteiger partial charge in [-0.3, -0.25) is 0 Å². The summed E-state index contributed by atoms with van der Waals surface area (Å²) < 4.78 is 7.18. The quantitative estimate of drug-likeness (QED) is 0.159. The minimum absolute atomic E-state index is 0.118. The van der Waals surface area contributed by atoms with Crippen LogP contribution in [0.3, 0.4) is 0 Å². The lowest BCUT2D eigenvalue weighted by Crippen LogP contribution is -2.35. The Morgan fingerprint density at radius 3 is 1.52 bits per heavy atom. The maximum absolute atomic E-state index is 7.18. The summed E-state index contributed by atoms with van der Waals surface area (Å²) in [7, 11) is 0. The lowest BCUT2D eigenvalue weighted by Gasteiger charge is -2.43. The Bertz CT molecular complexity index is 4180. The summed E-state index contributed by atoms with van der Waals surface area (Å²) in [4.78, 5) is 4.73. The normalized spacial score (nSPS) is 15.3. The van der Waals surface area contributed by atoms with Crippen LogP contribution in [0.25, 0.3) is 54.6 Å². The van der Waals surface area contributed by atoms with Gasteiger partial charge in [0.1, 0.15) is 5.58 Å². The summed E-state index contributed by atoms with van der Waals surface area (Å²) in [5.41, 5.74) is 19.3. The van der Waals surface area contributed by atoms with Crippen LogP contribution in [0, 0.1) is 0 Å². The molecule has 0 N–H and O–H groups in total. The predicted molar refractivity (Wildman–Crippen MR) is 303 cm³/mol. The van der Waals surface area contributed by atoms with E-state index in [2.05, 4.69) is 283 Å². The molecule has 1 aromatic heterocycles. The first-order valence-electron chi connectivity index (χ1n) is 25.3. The predicted octanol–water partition coefficient (Wildman–Crippen LogP) is 18.7. The minimum atomic E-state index is -0.501. The number of anilines is 6. The molecule has 0 saturated carbocycles. The summed E-state index contributed by atoms with van der Waals surface area (Å²) in [6.07, 6.45) is 0. The molecule has 2 aliphatic carbocycles. The molecule has 73 heavy (non-hydrogen) atoms. The lowest BCUT2D eigenvalue weighted by molar-refractivity contribution is 0.669. The van der Waals surface area contributed by atoms with E-state index in [4.69, 9.17) is 4.42 Å². The molecule has 0 saturated heterocycles. The van der Waals surface area contributed by atoms with Crippen LogP contribution in [0.2, 0.25) is 0 Å². The van der Waals surface area contributed by atoms with Crippen molar-refractivity contribution < 1.29 is 4.42 Å². The number of nitrogens with zero attached hydrogens (tertiary/aromatic N) is 2. The summed E-state index contributed by atoms with van der Waals surface area (Å²) >= 11 is 0. The van der Waals surface area contributed by atoms with Crippen molar-refractivity contribution in [3.63, 3.8) is 0 Å². The first-order chi connectivity index (χ1) is 36.2. The summed E-state index contributed by atoms with van der Waals surface area (Å²) in [5.74, 6) is 0.118. The van der Waals surface area contributed by atoms with Gasteiger partial charge in [0.15, 0.2) is 5.58 Å². The van der Waals surface area contributed by atoms with Gasteiger partial charge in [0.2, 0.25) is 0 Å². The molecule has 0 radical (unpaired) electrons. The van der Waals surface area contributed by atoms with E-state index < -0.39 is 5.41 Å². The van der Waals surface area contributed by atoms with Gasteiger partial charge in [-0.1, -0.05) is 200 Å². The van der Waals surface area contributed by atoms with Gasteiger partial charge in [-0.2, -0.15) is 0 Å². The number of rotatable bonds is 7. The third kappa shape index (κ3) is 6.25. The largest absolute Gasteiger partial charge is 0.454 e. The van der Waals surface area contributed by atoms with Crippen molar-refractivity contribution in [3.05, 3.63) is 312 Å². The van der Waals surface area contributed by atoms with E-state index >= 15 is 0 Å². The smallest absolute Gasteiger partial charge is 0.159 e. The standard InChI is InChI=1S/C70H46N2O/c1-3-20-48(21-4-1)68-59-27-12-15-31-63(59)70(64-32-16-13-28-60(64)68)62-30-14-11-26-56(62)61-44-54(39-41-65(61)70)71(51-24-5-2-6-25-51)55-38-40-57-58-29-17-33-66(69(58)73-67(57)45-55)72(52-36-34-46-18-7-9-22-49(46)42-52)53-37-35-47-19-8-10-23-50(47)43-53/h1-45,68H. The number of benzene rings is 12. The molecule has 0 unspecified atom stereocenters. The molecule has 342 valence electrons. The average molecular weight is 931 g/mol. The minimum Gasteiger partial charge on any atom is -0.454 e. The van der Waals surface area contributed by atoms with Gasteiger partial charge in [0.25, 0.3) is 0 Å². The monoisotopic (exact) mass is 930 g/mol. The zero-order chi connectivity index (χ0) is 48.0. The van der Waals surface area contributed by atoms with Crippen molar-refractivity contribution >= 4 is 77.6 Å². The van der Waals surface area contributed by atoms with Crippen LogP contribution >= 0.6 is 0 Å². The highest BCUT2D eigenvalue weighted by Crippen LogP contribution is 2.62. The highest BCUT2D eigenvalue weighted by atomic mass is 16.3. The van der Waals surface area contributed by atoms with Crippen molar-refractivity contribution in [1.82, 2.24) is 0 Å². The van der Waals surface area contributed by atoms with Gasteiger partial charge in [-0.25, -0.2) is 0 Å². The van der Waals surface area contributed by atoms with Crippen molar-refractivity contribution in [2.45, 2.75) is 11.3 Å². The van der Waals surface area contributed by atoms with E-state index in [1.54, 1.807) is 0 Å². The van der Waals surface area contributed by atoms with Crippen molar-refractivity contribution in [3.8, 4) is 11.1 Å². The molecular formula is C70H46N2O. The van der Waals surface area contributed by atoms with Crippen molar-refractivity contribution in [1.29, 1.82) is 0 Å². The Labute approximate surface area is 424 Å². The fourth-order valence-electron chi connectivity index (χ4n) is 12.7. The van der Waals surface area contributed by atoms with Gasteiger partial charge >= 0.3 is 0 Å². The Balaban J connectivity index is 0.901. The molecular weight excluding hydrogens is 885 g/mol. The van der Waals surface area contributed by atoms with Crippen molar-refractivity contribution in [2.75, 3.05) is 9.80 Å². The number of fused-ring (bicyclic) bond motifs is 14. The number of hydrogen-bond acceptors (Lipinski definition) is 3. The molecule has 13 aromatic rings. The molecule has 0 aliphatic heterocycles. The molecule has 0 fully saturated rings. The highest BCUT2D eigenvalue weighted by molar-refractivity contribution is 6.11. The molecule has 1 heterocycles. The number of para-hydroxylation sites is 2. The van der Waals surface area contributed by atoms with Gasteiger partial charge < -0.3 is 14.2 Å². The second-order valence-electron chi connectivity index (χ2n) is 19.5. The first kappa shape index (κ1) is 41.4. The maximum atomic E-state index is 7.18. The molecule has 0 amide bonds. The van der Waals surface area contributed by atoms with E-state index in [0.717, 1.165) is 56.1 Å². The Morgan fingerprint density at radius 1 is 0.315 bits per heavy atom. The second kappa shape index (κ2) is 16.3. The lowest BCUT2D eigenvalue weighted by atomic mass is 9.58. The topological polar surface area (TPSA) is 19.6 Å². The number of furan rings is 1. The average Bonchev–Trinajstić information content (AvgIpc) is 3.98. The van der Waals surface area contributed by atoms with Gasteiger partial charge in [-0.05, 0) is 138 Å². The Morgan fingerprint density at radius 2 is 0.836 bits per heavy atom. The number of hydrogen-bond donors (Lipinski definition) is 0. The summed E-state index contributed by atoms with van der Waals surface area (Å²) in [6, 6.07) is 100. The van der Waals surface area contributed by atoms with Crippen LogP contribution < -0.4 is 9.80 Å². The van der Waals surface area contributed by atoms with E-state index in [-0.39, 0.29) is 5.92 Å². The molecule has 1 spiro atoms. The molecule has 0 bridgehead atoms. The summed E-state index contributed by atoms with van der Waals surface area (Å²) in [5, 5.41) is 6.91. The van der Waals surface area contributed by atoms with Crippen LogP contribution in [0.15, 0.2) is 277 Å². The molecule has 3 nitrogen and oxygen atoms in total. The zero-order valence-corrected chi connectivity index (χ0v) is 39.9. The Kier molecular flexibility index (Phi) is 9.24. The molecule has 15 rings (SSSR count). The molecule has 2 aliphatic rings.